The second-order valence-corrected chi connectivity index (χ2v) is 6.25. The Bertz CT molecular complexity index is 517. The van der Waals surface area contributed by atoms with Crippen molar-refractivity contribution >= 4 is 29.2 Å². The van der Waals surface area contributed by atoms with E-state index >= 15 is 0 Å². The summed E-state index contributed by atoms with van der Waals surface area (Å²) in [6.45, 7) is 3.04. The first kappa shape index (κ1) is 11.7. The highest BCUT2D eigenvalue weighted by atomic mass is 35.5. The number of fused-ring (bicyclic) bond motifs is 2. The number of aliphatic imine (C=N–C) groups is 1. The zero-order chi connectivity index (χ0) is 12.8. The van der Waals surface area contributed by atoms with Gasteiger partial charge >= 0.3 is 0 Å². The summed E-state index contributed by atoms with van der Waals surface area (Å²) >= 11 is 6.31. The van der Waals surface area contributed by atoms with Crippen molar-refractivity contribution in [2.24, 2.45) is 10.9 Å². The van der Waals surface area contributed by atoms with E-state index in [0.717, 1.165) is 50.1 Å². The third kappa shape index (κ3) is 1.95. The lowest BCUT2D eigenvalue weighted by atomic mass is 10.1. The van der Waals surface area contributed by atoms with E-state index in [1.54, 1.807) is 0 Å². The molecule has 2 fully saturated rings. The van der Waals surface area contributed by atoms with Crippen molar-refractivity contribution in [2.75, 3.05) is 18.0 Å². The van der Waals surface area contributed by atoms with Gasteiger partial charge in [-0.05, 0) is 32.1 Å². The largest absolute Gasteiger partial charge is 0.339 e. The summed E-state index contributed by atoms with van der Waals surface area (Å²) in [7, 11) is 0. The molecule has 0 bridgehead atoms. The van der Waals surface area contributed by atoms with E-state index in [4.69, 9.17) is 11.6 Å². The average molecular weight is 280 g/mol. The molecule has 4 rings (SSSR count). The third-order valence-corrected chi connectivity index (χ3v) is 4.85. The molecule has 0 aromatic carbocycles. The van der Waals surface area contributed by atoms with Gasteiger partial charge in [-0.25, -0.2) is 9.67 Å². The van der Waals surface area contributed by atoms with Gasteiger partial charge in [0, 0.05) is 24.7 Å². The van der Waals surface area contributed by atoms with Gasteiger partial charge in [0.05, 0.1) is 11.9 Å². The molecule has 19 heavy (non-hydrogen) atoms. The number of hydrogen-bond acceptors (Lipinski definition) is 4. The molecular formula is C13H18ClN5. The summed E-state index contributed by atoms with van der Waals surface area (Å²) in [4.78, 5) is 11.5. The maximum Gasteiger partial charge on any atom is 0.249 e. The number of aromatic nitrogens is 3. The summed E-state index contributed by atoms with van der Waals surface area (Å²) in [6, 6.07) is 0. The second-order valence-electron chi connectivity index (χ2n) is 5.72. The summed E-state index contributed by atoms with van der Waals surface area (Å²) in [5, 5.41) is 4.75. The van der Waals surface area contributed by atoms with Crippen LogP contribution >= 0.6 is 11.6 Å². The lowest BCUT2D eigenvalue weighted by Crippen LogP contribution is -2.30. The lowest BCUT2D eigenvalue weighted by Gasteiger charge is -2.24. The van der Waals surface area contributed by atoms with Crippen molar-refractivity contribution < 1.29 is 0 Å². The smallest absolute Gasteiger partial charge is 0.249 e. The number of hydrogen-bond donors (Lipinski definition) is 0. The molecule has 1 aromatic rings. The Kier molecular flexibility index (Phi) is 2.76. The first-order valence-electron chi connectivity index (χ1n) is 7.23. The first-order valence-corrected chi connectivity index (χ1v) is 7.67. The van der Waals surface area contributed by atoms with E-state index in [9.17, 15) is 0 Å². The number of rotatable bonds is 1. The highest BCUT2D eigenvalue weighted by Gasteiger charge is 2.35. The van der Waals surface area contributed by atoms with Gasteiger partial charge in [0.2, 0.25) is 11.9 Å². The molecule has 3 aliphatic rings. The second kappa shape index (κ2) is 4.47. The average Bonchev–Trinajstić information content (AvgIpc) is 3.02. The molecule has 2 atom stereocenters. The van der Waals surface area contributed by atoms with Gasteiger partial charge in [-0.2, -0.15) is 4.98 Å². The summed E-state index contributed by atoms with van der Waals surface area (Å²) in [5.41, 5.74) is 1.13. The Morgan fingerprint density at radius 3 is 2.79 bits per heavy atom. The van der Waals surface area contributed by atoms with Crippen LogP contribution in [0.3, 0.4) is 0 Å². The minimum Gasteiger partial charge on any atom is -0.339 e. The monoisotopic (exact) mass is 279 g/mol. The Hall–Kier alpha value is -1.10. The molecule has 5 nitrogen and oxygen atoms in total. The molecule has 1 aromatic heterocycles. The molecule has 102 valence electrons. The van der Waals surface area contributed by atoms with Gasteiger partial charge in [-0.15, -0.1) is 16.7 Å². The van der Waals surface area contributed by atoms with Crippen molar-refractivity contribution in [3.05, 3.63) is 0 Å². The van der Waals surface area contributed by atoms with Crippen molar-refractivity contribution in [1.29, 1.82) is 0 Å². The molecule has 0 amide bonds. The van der Waals surface area contributed by atoms with Crippen LogP contribution in [0.5, 0.6) is 0 Å². The molecule has 3 heterocycles. The number of alkyl halides is 1. The standard InChI is InChI=1S/C13H18ClN5/c14-10-5-4-9-8-19-12(15-11(9)10)16-13(17-19)18-6-2-1-3-7-18/h9-10H,1-8H2. The van der Waals surface area contributed by atoms with Crippen molar-refractivity contribution in [2.45, 2.75) is 44.0 Å². The van der Waals surface area contributed by atoms with Crippen LogP contribution in [0.25, 0.3) is 0 Å². The van der Waals surface area contributed by atoms with Crippen LogP contribution in [0.2, 0.25) is 0 Å². The maximum atomic E-state index is 6.31. The van der Waals surface area contributed by atoms with Crippen LogP contribution in [-0.2, 0) is 6.54 Å². The zero-order valence-electron chi connectivity index (χ0n) is 10.9. The zero-order valence-corrected chi connectivity index (χ0v) is 11.7. The van der Waals surface area contributed by atoms with Gasteiger partial charge in [-0.1, -0.05) is 0 Å². The van der Waals surface area contributed by atoms with Crippen LogP contribution in [-0.4, -0.2) is 38.9 Å². The number of halogens is 1. The van der Waals surface area contributed by atoms with E-state index in [1.165, 1.54) is 19.3 Å². The highest BCUT2D eigenvalue weighted by Crippen LogP contribution is 2.35. The molecule has 1 saturated heterocycles. The molecule has 0 N–H and O–H groups in total. The summed E-state index contributed by atoms with van der Waals surface area (Å²) in [5.74, 6) is 2.08. The summed E-state index contributed by atoms with van der Waals surface area (Å²) in [6.07, 6.45) is 5.97. The minimum atomic E-state index is 0.105. The molecular weight excluding hydrogens is 262 g/mol. The van der Waals surface area contributed by atoms with Crippen LogP contribution in [0, 0.1) is 5.92 Å². The van der Waals surface area contributed by atoms with Gasteiger partial charge < -0.3 is 4.90 Å². The van der Waals surface area contributed by atoms with Crippen molar-refractivity contribution in [3.63, 3.8) is 0 Å². The third-order valence-electron chi connectivity index (χ3n) is 4.41. The van der Waals surface area contributed by atoms with E-state index in [0.29, 0.717) is 5.92 Å². The molecule has 1 aliphatic carbocycles. The van der Waals surface area contributed by atoms with E-state index in [1.807, 2.05) is 4.68 Å². The minimum absolute atomic E-state index is 0.105. The fourth-order valence-electron chi connectivity index (χ4n) is 3.32. The normalized spacial score (nSPS) is 29.9. The molecule has 1 saturated carbocycles. The number of nitrogens with zero attached hydrogens (tertiary/aromatic N) is 5. The van der Waals surface area contributed by atoms with Crippen molar-refractivity contribution in [1.82, 2.24) is 14.8 Å². The van der Waals surface area contributed by atoms with Crippen molar-refractivity contribution in [3.8, 4) is 0 Å². The van der Waals surface area contributed by atoms with E-state index < -0.39 is 0 Å². The molecule has 0 radical (unpaired) electrons. The van der Waals surface area contributed by atoms with Gasteiger partial charge in [0.1, 0.15) is 0 Å². The fraction of sp³-hybridized carbons (Fsp3) is 0.769. The van der Waals surface area contributed by atoms with Crippen LogP contribution < -0.4 is 4.90 Å². The molecule has 2 aliphatic heterocycles. The quantitative estimate of drug-likeness (QED) is 0.742. The Morgan fingerprint density at radius 1 is 1.11 bits per heavy atom. The Morgan fingerprint density at radius 2 is 1.95 bits per heavy atom. The topological polar surface area (TPSA) is 46.3 Å². The van der Waals surface area contributed by atoms with Gasteiger partial charge in [-0.3, -0.25) is 0 Å². The fourth-order valence-corrected chi connectivity index (χ4v) is 3.68. The lowest BCUT2D eigenvalue weighted by molar-refractivity contribution is 0.494. The first-order chi connectivity index (χ1) is 9.31. The van der Waals surface area contributed by atoms with Crippen LogP contribution in [0.4, 0.5) is 11.9 Å². The Balaban J connectivity index is 1.64. The predicted molar refractivity (Wildman–Crippen MR) is 75.5 cm³/mol. The molecule has 2 unspecified atom stereocenters. The number of anilines is 1. The highest BCUT2D eigenvalue weighted by molar-refractivity contribution is 6.33. The van der Waals surface area contributed by atoms with Crippen LogP contribution in [0.15, 0.2) is 4.99 Å². The van der Waals surface area contributed by atoms with E-state index in [2.05, 4.69) is 20.0 Å². The van der Waals surface area contributed by atoms with E-state index in [-0.39, 0.29) is 5.38 Å². The van der Waals surface area contributed by atoms with Crippen LogP contribution in [0.1, 0.15) is 32.1 Å². The SMILES string of the molecule is ClC1CCC2Cn3nc(N4CCCCC4)nc3N=C12. The Labute approximate surface area is 117 Å². The predicted octanol–water partition coefficient (Wildman–Crippen LogP) is 2.37. The van der Waals surface area contributed by atoms with Gasteiger partial charge in [0.25, 0.3) is 0 Å². The number of piperidine rings is 1. The summed E-state index contributed by atoms with van der Waals surface area (Å²) < 4.78 is 1.97. The van der Waals surface area contributed by atoms with Gasteiger partial charge in [0.15, 0.2) is 0 Å². The maximum absolute atomic E-state index is 6.31. The molecule has 0 spiro atoms. The molecule has 6 heteroatoms.